The van der Waals surface area contributed by atoms with E-state index < -0.39 is 23.8 Å². The lowest BCUT2D eigenvalue weighted by molar-refractivity contribution is -0.123. The maximum atomic E-state index is 13.9. The number of ether oxygens (including phenoxy) is 1. The number of para-hydroxylation sites is 1. The molecule has 0 radical (unpaired) electrons. The summed E-state index contributed by atoms with van der Waals surface area (Å²) in [4.78, 5) is 40.4. The highest BCUT2D eigenvalue weighted by Gasteiger charge is 2.36. The molecule has 10 nitrogen and oxygen atoms in total. The van der Waals surface area contributed by atoms with Crippen LogP contribution >= 0.6 is 11.5 Å². The first-order chi connectivity index (χ1) is 16.9. The first-order valence-electron chi connectivity index (χ1n) is 11.0. The monoisotopic (exact) mass is 495 g/mol. The van der Waals surface area contributed by atoms with Gasteiger partial charge in [0, 0.05) is 18.8 Å². The van der Waals surface area contributed by atoms with Crippen molar-refractivity contribution in [2.75, 3.05) is 23.8 Å². The highest BCUT2D eigenvalue weighted by Crippen LogP contribution is 2.33. The second kappa shape index (κ2) is 10.5. The third-order valence-corrected chi connectivity index (χ3v) is 6.50. The molecule has 4 rings (SSSR count). The fourth-order valence-corrected chi connectivity index (χ4v) is 4.64. The Morgan fingerprint density at radius 2 is 1.89 bits per heavy atom. The predicted octanol–water partition coefficient (Wildman–Crippen LogP) is 2.21. The van der Waals surface area contributed by atoms with Crippen LogP contribution in [0.5, 0.6) is 5.75 Å². The molecule has 1 fully saturated rings. The van der Waals surface area contributed by atoms with Crippen molar-refractivity contribution in [3.05, 3.63) is 70.7 Å². The number of nitrogen functional groups attached to an aromatic ring is 1. The molecule has 1 aliphatic heterocycles. The Morgan fingerprint density at radius 1 is 1.17 bits per heavy atom. The number of nitrogens with two attached hydrogens (primary N) is 2. The summed E-state index contributed by atoms with van der Waals surface area (Å²) in [5.74, 6) is -1.90. The largest absolute Gasteiger partial charge is 0.508 e. The summed E-state index contributed by atoms with van der Waals surface area (Å²) in [6.45, 7) is 0.933. The number of benzene rings is 2. The minimum atomic E-state index is -1.12. The lowest BCUT2D eigenvalue weighted by atomic mass is 10.0. The van der Waals surface area contributed by atoms with Gasteiger partial charge in [0.2, 0.25) is 5.91 Å². The van der Waals surface area contributed by atoms with Gasteiger partial charge < -0.3 is 26.6 Å². The van der Waals surface area contributed by atoms with E-state index in [9.17, 15) is 19.5 Å². The fraction of sp³-hybridized carbons (Fsp3) is 0.250. The number of phenols is 1. The minimum Gasteiger partial charge on any atom is -0.508 e. The van der Waals surface area contributed by atoms with Crippen LogP contribution in [-0.4, -0.2) is 46.5 Å². The molecule has 0 spiro atoms. The van der Waals surface area contributed by atoms with E-state index in [-0.39, 0.29) is 28.1 Å². The van der Waals surface area contributed by atoms with Crippen LogP contribution in [0.1, 0.15) is 44.6 Å². The number of phenolic OH excluding ortho intramolecular Hbond substituents is 1. The summed E-state index contributed by atoms with van der Waals surface area (Å²) in [7, 11) is 0. The van der Waals surface area contributed by atoms with Crippen LogP contribution in [0.25, 0.3) is 0 Å². The second-order valence-corrected chi connectivity index (χ2v) is 8.80. The van der Waals surface area contributed by atoms with E-state index in [1.54, 1.807) is 42.5 Å². The van der Waals surface area contributed by atoms with E-state index in [1.165, 1.54) is 17.0 Å². The zero-order chi connectivity index (χ0) is 24.9. The molecule has 0 aliphatic carbocycles. The smallest absolute Gasteiger partial charge is 0.273 e. The van der Waals surface area contributed by atoms with Gasteiger partial charge in [0.15, 0.2) is 5.69 Å². The van der Waals surface area contributed by atoms with Gasteiger partial charge >= 0.3 is 0 Å². The zero-order valence-corrected chi connectivity index (χ0v) is 19.5. The lowest BCUT2D eigenvalue weighted by Crippen LogP contribution is -2.45. The molecule has 0 bridgehead atoms. The molecule has 6 N–H and O–H groups in total. The highest BCUT2D eigenvalue weighted by molar-refractivity contribution is 7.09. The normalized spacial score (nSPS) is 15.9. The third kappa shape index (κ3) is 5.26. The van der Waals surface area contributed by atoms with Gasteiger partial charge in [-0.1, -0.05) is 30.3 Å². The number of aromatic hydroxyl groups is 1. The molecule has 182 valence electrons. The molecule has 0 saturated carbocycles. The number of hydrogen-bond donors (Lipinski definition) is 4. The second-order valence-electron chi connectivity index (χ2n) is 8.02. The van der Waals surface area contributed by atoms with Gasteiger partial charge in [-0.15, -0.1) is 0 Å². The Bertz CT molecular complexity index is 1210. The van der Waals surface area contributed by atoms with Crippen molar-refractivity contribution in [3.63, 3.8) is 0 Å². The van der Waals surface area contributed by atoms with Crippen molar-refractivity contribution in [1.29, 1.82) is 0 Å². The lowest BCUT2D eigenvalue weighted by Gasteiger charge is -2.31. The minimum absolute atomic E-state index is 0.0154. The van der Waals surface area contributed by atoms with Crippen LogP contribution in [0.2, 0.25) is 0 Å². The summed E-state index contributed by atoms with van der Waals surface area (Å²) in [5, 5.41) is 12.7. The molecule has 11 heteroatoms. The van der Waals surface area contributed by atoms with Crippen LogP contribution < -0.4 is 21.7 Å². The van der Waals surface area contributed by atoms with E-state index in [0.29, 0.717) is 24.4 Å². The van der Waals surface area contributed by atoms with Crippen LogP contribution in [-0.2, 0) is 9.53 Å². The Labute approximate surface area is 205 Å². The van der Waals surface area contributed by atoms with Crippen LogP contribution in [0.3, 0.4) is 0 Å². The number of carbonyl (C=O) groups excluding carboxylic acids is 3. The van der Waals surface area contributed by atoms with E-state index in [2.05, 4.69) is 9.69 Å². The Kier molecular flexibility index (Phi) is 7.28. The number of hydrogen-bond acceptors (Lipinski definition) is 8. The third-order valence-electron chi connectivity index (χ3n) is 5.65. The van der Waals surface area contributed by atoms with Gasteiger partial charge in [-0.25, -0.2) is 0 Å². The highest BCUT2D eigenvalue weighted by atomic mass is 32.1. The van der Waals surface area contributed by atoms with Crippen LogP contribution in [0.15, 0.2) is 54.6 Å². The number of nitrogens with one attached hydrogen (secondary N) is 1. The summed E-state index contributed by atoms with van der Waals surface area (Å²) < 4.78 is 9.55. The Balaban J connectivity index is 1.78. The van der Waals surface area contributed by atoms with Gasteiger partial charge in [0.05, 0.1) is 11.8 Å². The molecule has 1 saturated heterocycles. The molecule has 0 unspecified atom stereocenters. The maximum absolute atomic E-state index is 13.9. The summed E-state index contributed by atoms with van der Waals surface area (Å²) in [5.41, 5.74) is 11.9. The molecule has 1 aliphatic rings. The molecule has 3 amide bonds. The first kappa shape index (κ1) is 24.2. The number of amides is 3. The predicted molar refractivity (Wildman–Crippen MR) is 131 cm³/mol. The number of primary amides is 1. The van der Waals surface area contributed by atoms with Gasteiger partial charge in [-0.3, -0.25) is 19.3 Å². The molecule has 2 heterocycles. The van der Waals surface area contributed by atoms with Crippen molar-refractivity contribution in [3.8, 4) is 5.75 Å². The van der Waals surface area contributed by atoms with E-state index in [4.69, 9.17) is 16.2 Å². The van der Waals surface area contributed by atoms with Crippen molar-refractivity contribution in [2.24, 2.45) is 5.73 Å². The Hall–Kier alpha value is -3.96. The maximum Gasteiger partial charge on any atom is 0.273 e. The number of carbonyl (C=O) groups is 3. The number of anilines is 2. The zero-order valence-electron chi connectivity index (χ0n) is 18.7. The van der Waals surface area contributed by atoms with Crippen molar-refractivity contribution in [2.45, 2.75) is 25.0 Å². The molecule has 2 aromatic carbocycles. The Morgan fingerprint density at radius 3 is 2.49 bits per heavy atom. The molecular formula is C24H25N5O5S. The quantitative estimate of drug-likeness (QED) is 0.372. The standard InChI is InChI=1S/C24H25N5O5S/c25-18-19(22(26)31)28-35-21(18)24(33)29(15-5-2-1-3-6-15)20(14-8-10-16(30)11-9-14)23(32)27-13-17-7-4-12-34-17/h1-3,5-6,8-11,17,20,30H,4,7,12-13,25H2,(H2,26,31)(H,27,32)/t17-,20-/m0/s1. The van der Waals surface area contributed by atoms with Crippen molar-refractivity contribution < 1.29 is 24.2 Å². The molecule has 2 atom stereocenters. The van der Waals surface area contributed by atoms with Crippen molar-refractivity contribution >= 4 is 40.6 Å². The van der Waals surface area contributed by atoms with Crippen LogP contribution in [0, 0.1) is 0 Å². The molecule has 3 aromatic rings. The van der Waals surface area contributed by atoms with E-state index in [0.717, 1.165) is 24.4 Å². The summed E-state index contributed by atoms with van der Waals surface area (Å²) in [6, 6.07) is 13.5. The van der Waals surface area contributed by atoms with E-state index in [1.807, 2.05) is 0 Å². The van der Waals surface area contributed by atoms with Crippen LogP contribution in [0.4, 0.5) is 11.4 Å². The number of nitrogens with zero attached hydrogens (tertiary/aromatic N) is 2. The average molecular weight is 496 g/mol. The summed E-state index contributed by atoms with van der Waals surface area (Å²) in [6.07, 6.45) is 1.65. The number of rotatable bonds is 8. The topological polar surface area (TPSA) is 161 Å². The first-order valence-corrected chi connectivity index (χ1v) is 11.8. The van der Waals surface area contributed by atoms with Gasteiger partial charge in [-0.05, 0) is 54.2 Å². The number of aromatic nitrogens is 1. The molecule has 35 heavy (non-hydrogen) atoms. The average Bonchev–Trinajstić information content (AvgIpc) is 3.51. The summed E-state index contributed by atoms with van der Waals surface area (Å²) >= 11 is 0.737. The van der Waals surface area contributed by atoms with E-state index >= 15 is 0 Å². The van der Waals surface area contributed by atoms with Gasteiger partial charge in [0.25, 0.3) is 11.8 Å². The molecule has 1 aromatic heterocycles. The van der Waals surface area contributed by atoms with Crippen molar-refractivity contribution in [1.82, 2.24) is 9.69 Å². The fourth-order valence-electron chi connectivity index (χ4n) is 3.90. The van der Waals surface area contributed by atoms with Gasteiger partial charge in [0.1, 0.15) is 16.7 Å². The molecular weight excluding hydrogens is 470 g/mol. The van der Waals surface area contributed by atoms with Gasteiger partial charge in [-0.2, -0.15) is 4.37 Å². The SMILES string of the molecule is NC(=O)c1nsc(C(=O)N(c2ccccc2)[C@H](C(=O)NC[C@@H]2CCCO2)c2ccc(O)cc2)c1N.